The topological polar surface area (TPSA) is 47.8 Å². The maximum absolute atomic E-state index is 12.4. The highest BCUT2D eigenvalue weighted by molar-refractivity contribution is 7.99. The van der Waals surface area contributed by atoms with Crippen LogP contribution >= 0.6 is 11.8 Å². The van der Waals surface area contributed by atoms with E-state index in [2.05, 4.69) is 14.8 Å². The first-order valence-corrected chi connectivity index (χ1v) is 8.19. The van der Waals surface area contributed by atoms with E-state index in [1.54, 1.807) is 0 Å². The molecule has 1 aliphatic carbocycles. The highest BCUT2D eigenvalue weighted by Gasteiger charge is 2.28. The highest BCUT2D eigenvalue weighted by Crippen LogP contribution is 2.38. The van der Waals surface area contributed by atoms with Gasteiger partial charge in [-0.25, -0.2) is 0 Å². The van der Waals surface area contributed by atoms with E-state index in [1.807, 2.05) is 39.0 Å². The van der Waals surface area contributed by atoms with Gasteiger partial charge < -0.3 is 4.57 Å². The third-order valence-corrected chi connectivity index (χ3v) is 4.72. The van der Waals surface area contributed by atoms with E-state index in [0.717, 1.165) is 27.7 Å². The van der Waals surface area contributed by atoms with Gasteiger partial charge in [-0.15, -0.1) is 10.2 Å². The van der Waals surface area contributed by atoms with Crippen molar-refractivity contribution in [2.24, 2.45) is 0 Å². The number of aryl methyl sites for hydroxylation is 3. The Morgan fingerprint density at radius 3 is 2.76 bits per heavy atom. The lowest BCUT2D eigenvalue weighted by Crippen LogP contribution is -2.07. The Morgan fingerprint density at radius 1 is 1.29 bits per heavy atom. The largest absolute Gasteiger partial charge is 0.303 e. The minimum absolute atomic E-state index is 0.157. The highest BCUT2D eigenvalue weighted by atomic mass is 32.2. The molecule has 0 saturated heterocycles. The first-order chi connectivity index (χ1) is 10.1. The number of thioether (sulfide) groups is 1. The Hall–Kier alpha value is -1.62. The van der Waals surface area contributed by atoms with Crippen LogP contribution in [-0.2, 0) is 0 Å². The van der Waals surface area contributed by atoms with Gasteiger partial charge in [-0.05, 0) is 45.2 Å². The molecular formula is C16H19N3OS. The predicted molar refractivity (Wildman–Crippen MR) is 84.0 cm³/mol. The van der Waals surface area contributed by atoms with Crippen LogP contribution in [0.3, 0.4) is 0 Å². The molecule has 0 bridgehead atoms. The van der Waals surface area contributed by atoms with Crippen molar-refractivity contribution >= 4 is 17.5 Å². The second-order valence-electron chi connectivity index (χ2n) is 5.66. The molecule has 0 aliphatic heterocycles. The first-order valence-electron chi connectivity index (χ1n) is 7.21. The Kier molecular flexibility index (Phi) is 3.85. The van der Waals surface area contributed by atoms with Gasteiger partial charge in [0, 0.05) is 11.6 Å². The molecule has 1 saturated carbocycles. The number of carbonyl (C=O) groups excluding carboxylic acids is 1. The Balaban J connectivity index is 1.73. The molecule has 0 unspecified atom stereocenters. The molecule has 0 radical (unpaired) electrons. The van der Waals surface area contributed by atoms with Gasteiger partial charge in [0.2, 0.25) is 0 Å². The number of Topliss-reactive ketones (excluding diaryl/α,β-unsaturated/α-hetero) is 1. The van der Waals surface area contributed by atoms with Gasteiger partial charge in [0.1, 0.15) is 5.82 Å². The number of hydrogen-bond acceptors (Lipinski definition) is 4. The Labute approximate surface area is 129 Å². The van der Waals surface area contributed by atoms with Crippen molar-refractivity contribution in [1.29, 1.82) is 0 Å². The summed E-state index contributed by atoms with van der Waals surface area (Å²) in [6, 6.07) is 6.55. The fourth-order valence-electron chi connectivity index (χ4n) is 2.45. The Bertz CT molecular complexity index is 689. The summed E-state index contributed by atoms with van der Waals surface area (Å²) in [5.41, 5.74) is 2.97. The van der Waals surface area contributed by atoms with E-state index in [1.165, 1.54) is 24.6 Å². The lowest BCUT2D eigenvalue weighted by molar-refractivity contribution is 0.102. The van der Waals surface area contributed by atoms with Gasteiger partial charge in [0.15, 0.2) is 10.9 Å². The van der Waals surface area contributed by atoms with E-state index < -0.39 is 0 Å². The van der Waals surface area contributed by atoms with Crippen LogP contribution in [0.2, 0.25) is 0 Å². The lowest BCUT2D eigenvalue weighted by atomic mass is 10.0. The third-order valence-electron chi connectivity index (χ3n) is 3.77. The summed E-state index contributed by atoms with van der Waals surface area (Å²) in [5, 5.41) is 9.22. The molecule has 0 atom stereocenters. The molecular weight excluding hydrogens is 282 g/mol. The fourth-order valence-corrected chi connectivity index (χ4v) is 3.38. The van der Waals surface area contributed by atoms with Gasteiger partial charge in [0.25, 0.3) is 0 Å². The van der Waals surface area contributed by atoms with E-state index in [-0.39, 0.29) is 5.78 Å². The number of benzene rings is 1. The number of ketones is 1. The summed E-state index contributed by atoms with van der Waals surface area (Å²) in [6.07, 6.45) is 2.38. The van der Waals surface area contributed by atoms with E-state index in [9.17, 15) is 4.79 Å². The molecule has 1 aromatic heterocycles. The molecule has 3 rings (SSSR count). The summed E-state index contributed by atoms with van der Waals surface area (Å²) in [6.45, 7) is 5.96. The molecule has 1 heterocycles. The average Bonchev–Trinajstić information content (AvgIpc) is 3.22. The first kappa shape index (κ1) is 14.3. The van der Waals surface area contributed by atoms with Crippen LogP contribution in [0.5, 0.6) is 0 Å². The quantitative estimate of drug-likeness (QED) is 0.626. The zero-order valence-corrected chi connectivity index (χ0v) is 13.4. The smallest absolute Gasteiger partial charge is 0.191 e. The Morgan fingerprint density at radius 2 is 2.05 bits per heavy atom. The van der Waals surface area contributed by atoms with Crippen LogP contribution < -0.4 is 0 Å². The monoisotopic (exact) mass is 301 g/mol. The SMILES string of the molecule is Cc1ccc(C)c(C(=O)CSc2nnc(C)n2C2CC2)c1. The van der Waals surface area contributed by atoms with Crippen molar-refractivity contribution in [3.8, 4) is 0 Å². The predicted octanol–water partition coefficient (Wildman–Crippen LogP) is 3.51. The van der Waals surface area contributed by atoms with Crippen LogP contribution in [0, 0.1) is 20.8 Å². The standard InChI is InChI=1S/C16H19N3OS/c1-10-4-5-11(2)14(8-10)15(20)9-21-16-18-17-12(3)19(16)13-6-7-13/h4-5,8,13H,6-7,9H2,1-3H3. The average molecular weight is 301 g/mol. The molecule has 1 aliphatic rings. The van der Waals surface area contributed by atoms with Crippen LogP contribution in [-0.4, -0.2) is 26.3 Å². The normalized spacial score (nSPS) is 14.4. The molecule has 1 fully saturated rings. The van der Waals surface area contributed by atoms with E-state index in [4.69, 9.17) is 0 Å². The number of aromatic nitrogens is 3. The van der Waals surface area contributed by atoms with Gasteiger partial charge in [-0.3, -0.25) is 4.79 Å². The summed E-state index contributed by atoms with van der Waals surface area (Å²) in [5.74, 6) is 1.51. The summed E-state index contributed by atoms with van der Waals surface area (Å²) >= 11 is 1.49. The zero-order valence-electron chi connectivity index (χ0n) is 12.6. The molecule has 0 spiro atoms. The minimum Gasteiger partial charge on any atom is -0.303 e. The van der Waals surface area contributed by atoms with Crippen molar-refractivity contribution in [2.45, 2.75) is 44.8 Å². The van der Waals surface area contributed by atoms with Crippen molar-refractivity contribution in [3.05, 3.63) is 40.7 Å². The number of nitrogens with zero attached hydrogens (tertiary/aromatic N) is 3. The number of rotatable bonds is 5. The molecule has 5 heteroatoms. The second-order valence-corrected chi connectivity index (χ2v) is 6.60. The van der Waals surface area contributed by atoms with Crippen molar-refractivity contribution < 1.29 is 4.79 Å². The number of carbonyl (C=O) groups is 1. The zero-order chi connectivity index (χ0) is 15.0. The minimum atomic E-state index is 0.157. The maximum atomic E-state index is 12.4. The van der Waals surface area contributed by atoms with Crippen LogP contribution in [0.1, 0.15) is 46.2 Å². The summed E-state index contributed by atoms with van der Waals surface area (Å²) < 4.78 is 2.17. The lowest BCUT2D eigenvalue weighted by Gasteiger charge is -2.08. The maximum Gasteiger partial charge on any atom is 0.191 e. The molecule has 2 aromatic rings. The van der Waals surface area contributed by atoms with Crippen molar-refractivity contribution in [1.82, 2.24) is 14.8 Å². The van der Waals surface area contributed by atoms with Gasteiger partial charge in [-0.1, -0.05) is 29.5 Å². The molecule has 21 heavy (non-hydrogen) atoms. The molecule has 1 aromatic carbocycles. The summed E-state index contributed by atoms with van der Waals surface area (Å²) in [4.78, 5) is 12.4. The van der Waals surface area contributed by atoms with Crippen LogP contribution in [0.25, 0.3) is 0 Å². The van der Waals surface area contributed by atoms with Crippen LogP contribution in [0.4, 0.5) is 0 Å². The van der Waals surface area contributed by atoms with E-state index in [0.29, 0.717) is 11.8 Å². The number of hydrogen-bond donors (Lipinski definition) is 0. The fraction of sp³-hybridized carbons (Fsp3) is 0.438. The van der Waals surface area contributed by atoms with Gasteiger partial charge in [0.05, 0.1) is 5.75 Å². The molecule has 4 nitrogen and oxygen atoms in total. The second kappa shape index (κ2) is 5.64. The van der Waals surface area contributed by atoms with Gasteiger partial charge >= 0.3 is 0 Å². The summed E-state index contributed by atoms with van der Waals surface area (Å²) in [7, 11) is 0. The van der Waals surface area contributed by atoms with Crippen molar-refractivity contribution in [2.75, 3.05) is 5.75 Å². The van der Waals surface area contributed by atoms with Crippen molar-refractivity contribution in [3.63, 3.8) is 0 Å². The molecule has 110 valence electrons. The molecule has 0 N–H and O–H groups in total. The molecule has 0 amide bonds. The van der Waals surface area contributed by atoms with Crippen LogP contribution in [0.15, 0.2) is 23.4 Å². The third kappa shape index (κ3) is 3.02. The van der Waals surface area contributed by atoms with Gasteiger partial charge in [-0.2, -0.15) is 0 Å². The van der Waals surface area contributed by atoms with E-state index >= 15 is 0 Å².